The van der Waals surface area contributed by atoms with Crippen LogP contribution in [-0.4, -0.2) is 86.7 Å². The highest BCUT2D eigenvalue weighted by molar-refractivity contribution is 5.40. The van der Waals surface area contributed by atoms with Gasteiger partial charge in [-0.3, -0.25) is 0 Å². The van der Waals surface area contributed by atoms with Gasteiger partial charge in [0.15, 0.2) is 0 Å². The Hall–Kier alpha value is -4.82. The first-order valence-electron chi connectivity index (χ1n) is 33.1. The summed E-state index contributed by atoms with van der Waals surface area (Å²) in [5.74, 6) is 0. The van der Waals surface area contributed by atoms with Gasteiger partial charge in [0, 0.05) is 38.6 Å². The maximum Gasteiger partial charge on any atom is 0.115 e. The van der Waals surface area contributed by atoms with E-state index in [1.54, 1.807) is 29.6 Å². The van der Waals surface area contributed by atoms with E-state index in [-0.39, 0.29) is 0 Å². The Labute approximate surface area is 517 Å². The summed E-state index contributed by atoms with van der Waals surface area (Å²) in [6.07, 6.45) is 19.0. The van der Waals surface area contributed by atoms with E-state index in [4.69, 9.17) is 9.59 Å². The molecule has 2 aliphatic heterocycles. The summed E-state index contributed by atoms with van der Waals surface area (Å²) in [6.45, 7) is 63.9. The summed E-state index contributed by atoms with van der Waals surface area (Å²) in [5.41, 5.74) is 9.18. The van der Waals surface area contributed by atoms with Gasteiger partial charge < -0.3 is 24.7 Å². The number of aromatic nitrogens is 2. The molecular weight excluding hydrogens is 1000 g/mol. The molecule has 2 saturated heterocycles. The van der Waals surface area contributed by atoms with Crippen LogP contribution < -0.4 is 5.32 Å². The van der Waals surface area contributed by atoms with Gasteiger partial charge in [0.2, 0.25) is 0 Å². The third-order valence-electron chi connectivity index (χ3n) is 9.37. The predicted octanol–water partition coefficient (Wildman–Crippen LogP) is 22.1. The summed E-state index contributed by atoms with van der Waals surface area (Å²) < 4.78 is 0. The van der Waals surface area contributed by atoms with E-state index in [0.29, 0.717) is 0 Å². The van der Waals surface area contributed by atoms with Gasteiger partial charge in [-0.05, 0) is 118 Å². The van der Waals surface area contributed by atoms with Crippen LogP contribution in [-0.2, 0) is 41.7 Å². The molecule has 0 radical (unpaired) electrons. The molecule has 5 aromatic rings. The lowest BCUT2D eigenvalue weighted by molar-refractivity contribution is -0.0987. The first kappa shape index (κ1) is 105. The number of nitrogens with zero attached hydrogens (tertiary/aromatic N) is 4. The van der Waals surface area contributed by atoms with Crippen LogP contribution in [0.3, 0.4) is 0 Å². The van der Waals surface area contributed by atoms with E-state index >= 15 is 0 Å². The number of piperidine rings is 1. The first-order chi connectivity index (χ1) is 40.5. The molecule has 3 heterocycles. The lowest BCUT2D eigenvalue weighted by Crippen LogP contribution is -2.42. The second-order valence-corrected chi connectivity index (χ2v) is 14.7. The highest BCUT2D eigenvalue weighted by atomic mass is 16.1. The van der Waals surface area contributed by atoms with E-state index in [1.165, 1.54) is 132 Å². The lowest BCUT2D eigenvalue weighted by Gasteiger charge is -2.28. The molecule has 1 aromatic heterocycles. The number of fused-ring (bicyclic) bond motifs is 3. The molecule has 82 heavy (non-hydrogen) atoms. The van der Waals surface area contributed by atoms with Gasteiger partial charge >= 0.3 is 0 Å². The number of hydrogen-bond acceptors (Lipinski definition) is 7. The monoisotopic (exact) mass is 1150 g/mol. The van der Waals surface area contributed by atoms with Crippen LogP contribution in [0.5, 0.6) is 0 Å². The number of hydrogen-bond donors (Lipinski definition) is 1. The van der Waals surface area contributed by atoms with E-state index < -0.39 is 0 Å². The molecule has 0 atom stereocenters. The molecule has 7 nitrogen and oxygen atoms in total. The Balaban J connectivity index is -0.0000000664. The van der Waals surface area contributed by atoms with Crippen LogP contribution in [0.2, 0.25) is 0 Å². The Morgan fingerprint density at radius 2 is 0.573 bits per heavy atom. The zero-order valence-corrected chi connectivity index (χ0v) is 60.2. The number of nitrogens with one attached hydrogen (secondary N) is 1. The van der Waals surface area contributed by atoms with Crippen LogP contribution in [0, 0.1) is 0 Å². The fraction of sp³-hybridized carbons (Fsp3) is 0.600. The first-order valence-corrected chi connectivity index (χ1v) is 33.1. The molecule has 0 amide bonds. The Morgan fingerprint density at radius 1 is 0.341 bits per heavy atom. The zero-order chi connectivity index (χ0) is 66.3. The van der Waals surface area contributed by atoms with Crippen molar-refractivity contribution < 1.29 is 9.59 Å². The van der Waals surface area contributed by atoms with Crippen molar-refractivity contribution >= 4 is 13.6 Å². The number of likely N-dealkylation sites (N-methyl/N-ethyl adjacent to an activating group) is 2. The Bertz CT molecular complexity index is 1450. The van der Waals surface area contributed by atoms with Gasteiger partial charge in [-0.2, -0.15) is 0 Å². The average molecular weight is 1150 g/mol. The number of rotatable bonds is 0. The molecule has 0 bridgehead atoms. The third kappa shape index (κ3) is 81.7. The van der Waals surface area contributed by atoms with Crippen LogP contribution in [0.25, 0.3) is 0 Å². The van der Waals surface area contributed by atoms with Crippen LogP contribution in [0.1, 0.15) is 252 Å². The van der Waals surface area contributed by atoms with Crippen molar-refractivity contribution in [2.45, 2.75) is 251 Å². The maximum absolute atomic E-state index is 8.00. The van der Waals surface area contributed by atoms with Crippen molar-refractivity contribution in [1.82, 2.24) is 25.1 Å². The van der Waals surface area contributed by atoms with Gasteiger partial charge in [0.25, 0.3) is 0 Å². The van der Waals surface area contributed by atoms with E-state index in [1.807, 2.05) is 202 Å². The molecule has 1 N–H and O–H groups in total. The Kier molecular flexibility index (Phi) is 148. The number of aryl methyl sites for hydroxylation is 4. The largest absolute Gasteiger partial charge is 0.317 e. The van der Waals surface area contributed by atoms with Crippen LogP contribution in [0.15, 0.2) is 134 Å². The quantitative estimate of drug-likeness (QED) is 0.165. The van der Waals surface area contributed by atoms with Crippen LogP contribution in [0.4, 0.5) is 0 Å². The summed E-state index contributed by atoms with van der Waals surface area (Å²) in [7, 11) is 4.35. The smallest absolute Gasteiger partial charge is 0.115 e. The minimum Gasteiger partial charge on any atom is -0.317 e. The van der Waals surface area contributed by atoms with Crippen molar-refractivity contribution in [3.8, 4) is 0 Å². The molecule has 9 rings (SSSR count). The molecular formula is C75H145N5O2. The van der Waals surface area contributed by atoms with Gasteiger partial charge in [-0.25, -0.2) is 9.97 Å². The summed E-state index contributed by atoms with van der Waals surface area (Å²) in [4.78, 5) is 28.1. The van der Waals surface area contributed by atoms with Gasteiger partial charge in [-0.1, -0.05) is 308 Å². The number of benzene rings is 4. The molecule has 7 heteroatoms. The number of piperazine rings is 1. The zero-order valence-electron chi connectivity index (χ0n) is 60.2. The van der Waals surface area contributed by atoms with Crippen molar-refractivity contribution in [3.05, 3.63) is 167 Å². The molecule has 0 unspecified atom stereocenters. The van der Waals surface area contributed by atoms with E-state index in [0.717, 1.165) is 6.42 Å². The molecule has 4 aliphatic rings. The maximum atomic E-state index is 8.00. The standard InChI is InChI=1S/C15H14.C9H10.C6H14N2.C6H6.C5H11N.C4H4N2.2C3H8.11C2H6.2CH2O/c1-3-7-14-11-15-8-4-2-6-13(15)10-9-12(14)5-1;1-2-5-9-7-3-6-8(9)4-1;1-7-3-5-8(2)6-4-7;2*1-2-4-6-5-3-1;1-2-5-4-6-3-1;2*1-3-2;13*1-2/h1-8H,9-11H2;1-2,4-5H,3,6-7H2;3-6H2,1-2H3;1-6H;6H,1-5H2;1-4H;2*3H2,1-2H3;11*1-2H3;2*1H2. The van der Waals surface area contributed by atoms with Crippen molar-refractivity contribution in [2.24, 2.45) is 0 Å². The third-order valence-corrected chi connectivity index (χ3v) is 9.37. The topological polar surface area (TPSA) is 78.4 Å². The van der Waals surface area contributed by atoms with Crippen LogP contribution >= 0.6 is 0 Å². The second kappa shape index (κ2) is 115. The molecule has 4 aromatic carbocycles. The Morgan fingerprint density at radius 3 is 0.756 bits per heavy atom. The normalized spacial score (nSPS) is 11.1. The van der Waals surface area contributed by atoms with Gasteiger partial charge in [0.05, 0.1) is 0 Å². The summed E-state index contributed by atoms with van der Waals surface area (Å²) in [5, 5.41) is 3.28. The molecule has 0 spiro atoms. The van der Waals surface area contributed by atoms with Gasteiger partial charge in [-0.15, -0.1) is 0 Å². The van der Waals surface area contributed by atoms with Crippen molar-refractivity contribution in [1.29, 1.82) is 0 Å². The molecule has 482 valence electrons. The molecule has 0 saturated carbocycles. The lowest BCUT2D eigenvalue weighted by atomic mass is 10.0. The summed E-state index contributed by atoms with van der Waals surface area (Å²) >= 11 is 0. The summed E-state index contributed by atoms with van der Waals surface area (Å²) in [6, 6.07) is 40.2. The second-order valence-electron chi connectivity index (χ2n) is 14.7. The van der Waals surface area contributed by atoms with E-state index in [9.17, 15) is 0 Å². The minimum absolute atomic E-state index is 1.10. The average Bonchev–Trinajstić information content (AvgIpc) is 4.01. The SMILES string of the molecule is C1CCNCC1.C=O.C=O.CC.CC.CC.CC.CC.CC.CC.CC.CC.CC.CC.CCC.CCC.CN1CCN(C)CC1.c1ccc2c(c1)CCC2.c1ccc2c(c1)CCc1ccccc1C2.c1ccccc1.c1cncnc1. The fourth-order valence-corrected chi connectivity index (χ4v) is 6.28. The number of carbonyl (C=O) groups is 2. The van der Waals surface area contributed by atoms with Crippen molar-refractivity contribution in [3.63, 3.8) is 0 Å². The highest BCUT2D eigenvalue weighted by Crippen LogP contribution is 2.24. The minimum atomic E-state index is 1.10. The molecule has 2 fully saturated rings. The fourth-order valence-electron chi connectivity index (χ4n) is 6.28. The molecule has 2 aliphatic carbocycles. The van der Waals surface area contributed by atoms with Gasteiger partial charge in [0.1, 0.15) is 19.9 Å². The van der Waals surface area contributed by atoms with E-state index in [2.05, 4.69) is 140 Å². The highest BCUT2D eigenvalue weighted by Gasteiger charge is 2.11. The number of carbonyl (C=O) groups excluding carboxylic acids is 2. The van der Waals surface area contributed by atoms with Crippen molar-refractivity contribution in [2.75, 3.05) is 53.4 Å². The predicted molar refractivity (Wildman–Crippen MR) is 383 cm³/mol.